The molecule has 1 aliphatic heterocycles. The molecule has 0 unspecified atom stereocenters. The third kappa shape index (κ3) is 5.21. The van der Waals surface area contributed by atoms with Gasteiger partial charge in [0.15, 0.2) is 6.04 Å². The van der Waals surface area contributed by atoms with E-state index in [-0.39, 0.29) is 24.6 Å². The number of fused-ring (bicyclic) bond motifs is 1. The van der Waals surface area contributed by atoms with Gasteiger partial charge in [-0.1, -0.05) is 61.0 Å². The smallest absolute Gasteiger partial charge is 0.363 e. The summed E-state index contributed by atoms with van der Waals surface area (Å²) in [5.74, 6) is -0.0223. The first-order chi connectivity index (χ1) is 15.7. The minimum Gasteiger partial charge on any atom is -0.363 e. The van der Waals surface area contributed by atoms with Crippen molar-refractivity contribution in [2.45, 2.75) is 57.9 Å². The van der Waals surface area contributed by atoms with Crippen molar-refractivity contribution in [3.05, 3.63) is 82.5 Å². The number of amides is 1. The highest BCUT2D eigenvalue weighted by atomic mass is 19.4. The molecule has 2 heterocycles. The van der Waals surface area contributed by atoms with Crippen molar-refractivity contribution in [1.82, 2.24) is 15.1 Å². The van der Waals surface area contributed by atoms with Gasteiger partial charge in [0.25, 0.3) is 0 Å². The predicted octanol–water partition coefficient (Wildman–Crippen LogP) is 5.27. The number of rotatable bonds is 6. The summed E-state index contributed by atoms with van der Waals surface area (Å²) >= 11 is 0. The highest BCUT2D eigenvalue weighted by Crippen LogP contribution is 2.44. The Morgan fingerprint density at radius 3 is 2.61 bits per heavy atom. The molecule has 0 saturated heterocycles. The second kappa shape index (κ2) is 9.29. The number of hydrogen-bond donors (Lipinski definition) is 2. The monoisotopic (exact) mass is 456 g/mol. The highest BCUT2D eigenvalue weighted by Gasteiger charge is 2.46. The Balaban J connectivity index is 1.53. The summed E-state index contributed by atoms with van der Waals surface area (Å²) in [7, 11) is 0. The van der Waals surface area contributed by atoms with Crippen LogP contribution < -0.4 is 10.6 Å². The second-order valence-electron chi connectivity index (χ2n) is 8.49. The van der Waals surface area contributed by atoms with E-state index in [4.69, 9.17) is 0 Å². The maximum atomic E-state index is 13.9. The normalized spacial score (nSPS) is 17.8. The molecule has 3 aromatic rings. The summed E-state index contributed by atoms with van der Waals surface area (Å²) < 4.78 is 42.6. The van der Waals surface area contributed by atoms with Crippen LogP contribution in [0.1, 0.15) is 53.2 Å². The van der Waals surface area contributed by atoms with Gasteiger partial charge in [-0.2, -0.15) is 18.3 Å². The molecule has 0 radical (unpaired) electrons. The van der Waals surface area contributed by atoms with Gasteiger partial charge in [-0.3, -0.25) is 4.79 Å². The predicted molar refractivity (Wildman–Crippen MR) is 121 cm³/mol. The van der Waals surface area contributed by atoms with Crippen LogP contribution in [0.2, 0.25) is 0 Å². The summed E-state index contributed by atoms with van der Waals surface area (Å²) in [4.78, 5) is 12.6. The number of nitrogens with zero attached hydrogens (tertiary/aromatic N) is 2. The van der Waals surface area contributed by atoms with E-state index in [2.05, 4.69) is 15.7 Å². The second-order valence-corrected chi connectivity index (χ2v) is 8.49. The number of benzene rings is 2. The Morgan fingerprint density at radius 1 is 1.18 bits per heavy atom. The summed E-state index contributed by atoms with van der Waals surface area (Å²) in [6.45, 7) is 4.36. The zero-order chi connectivity index (χ0) is 23.6. The summed E-state index contributed by atoms with van der Waals surface area (Å²) in [6.07, 6.45) is -2.45. The van der Waals surface area contributed by atoms with Crippen molar-refractivity contribution in [1.29, 1.82) is 0 Å². The Morgan fingerprint density at radius 2 is 1.94 bits per heavy atom. The van der Waals surface area contributed by atoms with Crippen LogP contribution in [0.4, 0.5) is 19.0 Å². The third-order valence-corrected chi connectivity index (χ3v) is 6.03. The lowest BCUT2D eigenvalue weighted by atomic mass is 9.95. The summed E-state index contributed by atoms with van der Waals surface area (Å²) in [6, 6.07) is 13.1. The van der Waals surface area contributed by atoms with E-state index < -0.39 is 18.3 Å². The van der Waals surface area contributed by atoms with Crippen LogP contribution in [0.5, 0.6) is 0 Å². The Bertz CT molecular complexity index is 1120. The molecule has 0 aliphatic carbocycles. The highest BCUT2D eigenvalue weighted by molar-refractivity contribution is 5.80. The molecule has 0 spiro atoms. The first-order valence-electron chi connectivity index (χ1n) is 11.0. The average Bonchev–Trinajstić information content (AvgIpc) is 3.19. The summed E-state index contributed by atoms with van der Waals surface area (Å²) in [5, 5.41) is 10.0. The Kier molecular flexibility index (Phi) is 6.44. The molecule has 4 rings (SSSR count). The number of nitrogens with one attached hydrogen (secondary N) is 2. The van der Waals surface area contributed by atoms with Crippen molar-refractivity contribution in [2.24, 2.45) is 0 Å². The van der Waals surface area contributed by atoms with Crippen LogP contribution in [-0.4, -0.2) is 21.9 Å². The van der Waals surface area contributed by atoms with Gasteiger partial charge in [-0.15, -0.1) is 0 Å². The number of hydrogen-bond acceptors (Lipinski definition) is 3. The van der Waals surface area contributed by atoms with E-state index in [1.165, 1.54) is 6.20 Å². The SMILES string of the molecule is CCc1ccc([C@@H]2C[C@H](C(F)(F)F)n3ncc(CC(=O)NCc4cccc(C)c4)c3N2)cc1. The van der Waals surface area contributed by atoms with E-state index in [9.17, 15) is 18.0 Å². The molecule has 8 heteroatoms. The zero-order valence-corrected chi connectivity index (χ0v) is 18.6. The molecule has 1 aliphatic rings. The molecule has 1 amide bonds. The molecular formula is C25H27F3N4O. The van der Waals surface area contributed by atoms with E-state index in [1.54, 1.807) is 0 Å². The Labute approximate surface area is 191 Å². The zero-order valence-electron chi connectivity index (χ0n) is 18.6. The minimum atomic E-state index is -4.45. The van der Waals surface area contributed by atoms with Crippen LogP contribution in [0.3, 0.4) is 0 Å². The number of alkyl halides is 3. The van der Waals surface area contributed by atoms with Crippen LogP contribution in [0.25, 0.3) is 0 Å². The van der Waals surface area contributed by atoms with Crippen LogP contribution in [-0.2, 0) is 24.2 Å². The number of aryl methyl sites for hydroxylation is 2. The van der Waals surface area contributed by atoms with E-state index >= 15 is 0 Å². The average molecular weight is 457 g/mol. The number of anilines is 1. The molecule has 0 fully saturated rings. The van der Waals surface area contributed by atoms with Gasteiger partial charge >= 0.3 is 6.18 Å². The molecule has 0 bridgehead atoms. The van der Waals surface area contributed by atoms with E-state index in [0.717, 1.165) is 33.4 Å². The lowest BCUT2D eigenvalue weighted by Gasteiger charge is -2.34. The first-order valence-corrected chi connectivity index (χ1v) is 11.0. The fraction of sp³-hybridized carbons (Fsp3) is 0.360. The largest absolute Gasteiger partial charge is 0.410 e. The maximum absolute atomic E-state index is 13.9. The summed E-state index contributed by atoms with van der Waals surface area (Å²) in [5.41, 5.74) is 4.40. The lowest BCUT2D eigenvalue weighted by molar-refractivity contribution is -0.173. The third-order valence-electron chi connectivity index (χ3n) is 6.03. The van der Waals surface area contributed by atoms with Crippen molar-refractivity contribution >= 4 is 11.7 Å². The van der Waals surface area contributed by atoms with Gasteiger partial charge in [-0.05, 0) is 30.0 Å². The standard InChI is InChI=1S/C25H27F3N4O/c1-3-17-7-9-19(10-8-17)21-13-22(25(26,27)28)32-24(31-21)20(15-30-32)12-23(33)29-14-18-6-4-5-16(2)11-18/h4-11,15,21-22,31H,3,12-14H2,1-2H3,(H,29,33)/t21-,22+/m0/s1. The van der Waals surface area contributed by atoms with Gasteiger partial charge in [0.05, 0.1) is 18.7 Å². The van der Waals surface area contributed by atoms with Crippen molar-refractivity contribution in [3.63, 3.8) is 0 Å². The molecule has 2 aromatic carbocycles. The fourth-order valence-electron chi connectivity index (χ4n) is 4.21. The maximum Gasteiger partial charge on any atom is 0.410 e. The number of carbonyl (C=O) groups excluding carboxylic acids is 1. The minimum absolute atomic E-state index is 0.0553. The van der Waals surface area contributed by atoms with Crippen molar-refractivity contribution < 1.29 is 18.0 Å². The number of halogens is 3. The van der Waals surface area contributed by atoms with Crippen molar-refractivity contribution in [3.8, 4) is 0 Å². The molecule has 33 heavy (non-hydrogen) atoms. The lowest BCUT2D eigenvalue weighted by Crippen LogP contribution is -2.36. The molecule has 2 atom stereocenters. The quantitative estimate of drug-likeness (QED) is 0.531. The van der Waals surface area contributed by atoms with Gasteiger partial charge < -0.3 is 10.6 Å². The first kappa shape index (κ1) is 22.9. The Hall–Kier alpha value is -3.29. The van der Waals surface area contributed by atoms with E-state index in [1.807, 2.05) is 62.4 Å². The topological polar surface area (TPSA) is 59.0 Å². The molecule has 2 N–H and O–H groups in total. The van der Waals surface area contributed by atoms with Gasteiger partial charge in [0.2, 0.25) is 5.91 Å². The molecular weight excluding hydrogens is 429 g/mol. The molecule has 174 valence electrons. The van der Waals surface area contributed by atoms with Crippen LogP contribution in [0.15, 0.2) is 54.7 Å². The van der Waals surface area contributed by atoms with Crippen LogP contribution >= 0.6 is 0 Å². The number of aromatic nitrogens is 2. The molecule has 1 aromatic heterocycles. The number of carbonyl (C=O) groups is 1. The van der Waals surface area contributed by atoms with E-state index in [0.29, 0.717) is 12.1 Å². The van der Waals surface area contributed by atoms with Gasteiger partial charge in [-0.25, -0.2) is 4.68 Å². The van der Waals surface area contributed by atoms with Crippen molar-refractivity contribution in [2.75, 3.05) is 5.32 Å². The fourth-order valence-corrected chi connectivity index (χ4v) is 4.21. The van der Waals surface area contributed by atoms with Gasteiger partial charge in [0, 0.05) is 18.5 Å². The molecule has 5 nitrogen and oxygen atoms in total. The molecule has 0 saturated carbocycles. The van der Waals surface area contributed by atoms with Crippen LogP contribution in [0, 0.1) is 6.92 Å². The van der Waals surface area contributed by atoms with Gasteiger partial charge in [0.1, 0.15) is 5.82 Å².